The van der Waals surface area contributed by atoms with Gasteiger partial charge in [0.2, 0.25) is 0 Å². The van der Waals surface area contributed by atoms with Gasteiger partial charge in [-0.05, 0) is 36.8 Å². The van der Waals surface area contributed by atoms with Crippen molar-refractivity contribution < 1.29 is 23.4 Å². The molecule has 2 aromatic carbocycles. The Morgan fingerprint density at radius 1 is 1.13 bits per heavy atom. The van der Waals surface area contributed by atoms with Gasteiger partial charge < -0.3 is 29.7 Å². The van der Waals surface area contributed by atoms with Gasteiger partial charge in [0.15, 0.2) is 17.5 Å². The van der Waals surface area contributed by atoms with Crippen LogP contribution in [0.4, 0.5) is 14.5 Å². The number of nitrogens with one attached hydrogen (secondary N) is 1. The quantitative estimate of drug-likeness (QED) is 0.515. The van der Waals surface area contributed by atoms with E-state index in [-0.39, 0.29) is 17.2 Å². The number of halogens is 2. The number of guanidine groups is 1. The van der Waals surface area contributed by atoms with Crippen molar-refractivity contribution in [1.29, 1.82) is 0 Å². The topological polar surface area (TPSA) is 69.6 Å². The van der Waals surface area contributed by atoms with Crippen LogP contribution in [-0.4, -0.2) is 62.4 Å². The highest BCUT2D eigenvalue weighted by atomic mass is 19.3. The minimum absolute atomic E-state index is 0.0188. The monoisotopic (exact) mass is 434 g/mol. The molecule has 3 rings (SSSR count). The second-order valence-electron chi connectivity index (χ2n) is 6.96. The number of alkyl halides is 2. The lowest BCUT2D eigenvalue weighted by molar-refractivity contribution is -0.0514. The lowest BCUT2D eigenvalue weighted by Gasteiger charge is -2.37. The number of piperazine rings is 1. The maximum absolute atomic E-state index is 12.6. The van der Waals surface area contributed by atoms with Crippen molar-refractivity contribution in [2.24, 2.45) is 4.99 Å². The molecule has 0 saturated carbocycles. The molecule has 2 N–H and O–H groups in total. The van der Waals surface area contributed by atoms with E-state index in [1.165, 1.54) is 6.07 Å². The highest BCUT2D eigenvalue weighted by Gasteiger charge is 2.21. The van der Waals surface area contributed by atoms with Crippen LogP contribution in [0.1, 0.15) is 12.5 Å². The smallest absolute Gasteiger partial charge is 0.387 e. The fourth-order valence-electron chi connectivity index (χ4n) is 3.53. The molecule has 0 aromatic heterocycles. The van der Waals surface area contributed by atoms with Crippen LogP contribution < -0.4 is 19.7 Å². The van der Waals surface area contributed by atoms with E-state index in [9.17, 15) is 13.9 Å². The minimum atomic E-state index is -2.90. The molecule has 0 aliphatic carbocycles. The summed E-state index contributed by atoms with van der Waals surface area (Å²) < 4.78 is 35.1. The Balaban J connectivity index is 1.58. The fourth-order valence-corrected chi connectivity index (χ4v) is 3.53. The summed E-state index contributed by atoms with van der Waals surface area (Å²) in [5, 5.41) is 13.4. The maximum atomic E-state index is 12.6. The molecule has 0 atom stereocenters. The van der Waals surface area contributed by atoms with Crippen molar-refractivity contribution in [3.8, 4) is 17.2 Å². The van der Waals surface area contributed by atoms with Crippen molar-refractivity contribution in [2.45, 2.75) is 20.1 Å². The number of aromatic hydroxyl groups is 1. The fraction of sp³-hybridized carbons (Fsp3) is 0.409. The van der Waals surface area contributed by atoms with Gasteiger partial charge in [0.1, 0.15) is 5.75 Å². The molecular formula is C22H28F2N4O3. The van der Waals surface area contributed by atoms with Gasteiger partial charge in [-0.2, -0.15) is 8.78 Å². The molecule has 0 unspecified atom stereocenters. The number of benzene rings is 2. The Kier molecular flexibility index (Phi) is 7.75. The number of phenols is 1. The number of anilines is 1. The molecule has 1 heterocycles. The van der Waals surface area contributed by atoms with Gasteiger partial charge in [0.05, 0.1) is 12.3 Å². The summed E-state index contributed by atoms with van der Waals surface area (Å²) in [4.78, 5) is 8.66. The highest BCUT2D eigenvalue weighted by molar-refractivity contribution is 5.80. The number of ether oxygens (including phenoxy) is 2. The number of phenolic OH excluding ortho intramolecular Hbond substituents is 1. The molecule has 2 aromatic rings. The summed E-state index contributed by atoms with van der Waals surface area (Å²) in [5.74, 6) is 1.34. The normalized spacial score (nSPS) is 14.7. The summed E-state index contributed by atoms with van der Waals surface area (Å²) in [6.45, 7) is 2.70. The third-order valence-corrected chi connectivity index (χ3v) is 4.99. The largest absolute Gasteiger partial charge is 0.506 e. The molecule has 1 saturated heterocycles. The number of hydrogen-bond donors (Lipinski definition) is 2. The van der Waals surface area contributed by atoms with Crippen LogP contribution in [0.5, 0.6) is 17.2 Å². The van der Waals surface area contributed by atoms with E-state index in [4.69, 9.17) is 4.74 Å². The Labute approximate surface area is 180 Å². The van der Waals surface area contributed by atoms with Gasteiger partial charge in [0, 0.05) is 39.8 Å². The molecule has 1 aliphatic heterocycles. The van der Waals surface area contributed by atoms with E-state index in [1.807, 2.05) is 18.2 Å². The van der Waals surface area contributed by atoms with Gasteiger partial charge in [-0.15, -0.1) is 0 Å². The van der Waals surface area contributed by atoms with Crippen molar-refractivity contribution in [3.05, 3.63) is 48.0 Å². The highest BCUT2D eigenvalue weighted by Crippen LogP contribution is 2.30. The Hall–Kier alpha value is -3.23. The number of nitrogens with zero attached hydrogens (tertiary/aromatic N) is 3. The van der Waals surface area contributed by atoms with Crippen LogP contribution in [0.2, 0.25) is 0 Å². The van der Waals surface area contributed by atoms with E-state index in [0.29, 0.717) is 13.2 Å². The van der Waals surface area contributed by atoms with Crippen LogP contribution in [0, 0.1) is 0 Å². The Morgan fingerprint density at radius 2 is 1.87 bits per heavy atom. The number of hydrogen-bond acceptors (Lipinski definition) is 5. The predicted molar refractivity (Wildman–Crippen MR) is 116 cm³/mol. The average molecular weight is 434 g/mol. The third kappa shape index (κ3) is 5.90. The van der Waals surface area contributed by atoms with Crippen LogP contribution in [0.15, 0.2) is 47.5 Å². The zero-order valence-corrected chi connectivity index (χ0v) is 17.7. The molecular weight excluding hydrogens is 406 g/mol. The molecule has 168 valence electrons. The predicted octanol–water partition coefficient (Wildman–Crippen LogP) is 3.29. The number of aliphatic imine (C=N–C) groups is 1. The van der Waals surface area contributed by atoms with Crippen molar-refractivity contribution >= 4 is 11.6 Å². The lowest BCUT2D eigenvalue weighted by atomic mass is 10.2. The first-order valence-corrected chi connectivity index (χ1v) is 10.2. The van der Waals surface area contributed by atoms with Gasteiger partial charge in [-0.1, -0.05) is 18.2 Å². The van der Waals surface area contributed by atoms with E-state index >= 15 is 0 Å². The molecule has 1 aliphatic rings. The van der Waals surface area contributed by atoms with Crippen LogP contribution in [0.3, 0.4) is 0 Å². The SMILES string of the molecule is CCOc1cc(CNC(=NC)N2CCN(c3ccccc3O)CC2)ccc1OC(F)F. The third-order valence-electron chi connectivity index (χ3n) is 4.99. The number of para-hydroxylation sites is 2. The first-order chi connectivity index (χ1) is 15.0. The summed E-state index contributed by atoms with van der Waals surface area (Å²) in [7, 11) is 1.73. The van der Waals surface area contributed by atoms with Gasteiger partial charge in [-0.25, -0.2) is 0 Å². The van der Waals surface area contributed by atoms with E-state index in [0.717, 1.165) is 43.4 Å². The van der Waals surface area contributed by atoms with E-state index in [1.54, 1.807) is 32.2 Å². The summed E-state index contributed by atoms with van der Waals surface area (Å²) >= 11 is 0. The molecule has 9 heteroatoms. The zero-order chi connectivity index (χ0) is 22.2. The van der Waals surface area contributed by atoms with Gasteiger partial charge in [-0.3, -0.25) is 4.99 Å². The molecule has 1 fully saturated rings. The standard InChI is InChI=1S/C22H28F2N4O3/c1-3-30-20-14-16(8-9-19(20)31-21(23)24)15-26-22(25-2)28-12-10-27(11-13-28)17-6-4-5-7-18(17)29/h4-9,14,21,29H,3,10-13,15H2,1-2H3,(H,25,26). The zero-order valence-electron chi connectivity index (χ0n) is 17.7. The first-order valence-electron chi connectivity index (χ1n) is 10.2. The second kappa shape index (κ2) is 10.7. The van der Waals surface area contributed by atoms with Gasteiger partial charge in [0.25, 0.3) is 0 Å². The minimum Gasteiger partial charge on any atom is -0.506 e. The average Bonchev–Trinajstić information content (AvgIpc) is 2.76. The van der Waals surface area contributed by atoms with Crippen molar-refractivity contribution in [1.82, 2.24) is 10.2 Å². The van der Waals surface area contributed by atoms with Crippen molar-refractivity contribution in [2.75, 3.05) is 44.7 Å². The Bertz CT molecular complexity index is 887. The van der Waals surface area contributed by atoms with Crippen LogP contribution in [-0.2, 0) is 6.54 Å². The molecule has 0 radical (unpaired) electrons. The lowest BCUT2D eigenvalue weighted by Crippen LogP contribution is -2.52. The van der Waals surface area contributed by atoms with E-state index < -0.39 is 6.61 Å². The summed E-state index contributed by atoms with van der Waals surface area (Å²) in [6, 6.07) is 12.2. The Morgan fingerprint density at radius 3 is 2.52 bits per heavy atom. The summed E-state index contributed by atoms with van der Waals surface area (Å²) in [6.07, 6.45) is 0. The molecule has 0 spiro atoms. The van der Waals surface area contributed by atoms with Crippen LogP contribution >= 0.6 is 0 Å². The molecule has 7 nitrogen and oxygen atoms in total. The van der Waals surface area contributed by atoms with Crippen molar-refractivity contribution in [3.63, 3.8) is 0 Å². The van der Waals surface area contributed by atoms with Crippen LogP contribution in [0.25, 0.3) is 0 Å². The molecule has 0 amide bonds. The van der Waals surface area contributed by atoms with E-state index in [2.05, 4.69) is 24.8 Å². The molecule has 0 bridgehead atoms. The molecule has 31 heavy (non-hydrogen) atoms. The maximum Gasteiger partial charge on any atom is 0.387 e. The van der Waals surface area contributed by atoms with Gasteiger partial charge >= 0.3 is 6.61 Å². The summed E-state index contributed by atoms with van der Waals surface area (Å²) in [5.41, 5.74) is 1.69. The second-order valence-corrected chi connectivity index (χ2v) is 6.96. The number of rotatable bonds is 7. The first kappa shape index (κ1) is 22.5.